The highest BCUT2D eigenvalue weighted by molar-refractivity contribution is 7.15. The van der Waals surface area contributed by atoms with Crippen molar-refractivity contribution in [3.8, 4) is 0 Å². The average molecular weight is 353 g/mol. The van der Waals surface area contributed by atoms with Gasteiger partial charge in [0, 0.05) is 39.5 Å². The lowest BCUT2D eigenvalue weighted by molar-refractivity contribution is -0.121. The highest BCUT2D eigenvalue weighted by Gasteiger charge is 2.28. The fraction of sp³-hybridized carbons (Fsp3) is 0.750. The largest absolute Gasteiger partial charge is 0.331 e. The van der Waals surface area contributed by atoms with Gasteiger partial charge in [-0.2, -0.15) is 0 Å². The van der Waals surface area contributed by atoms with Crippen molar-refractivity contribution in [3.63, 3.8) is 0 Å². The number of likely N-dealkylation sites (tertiary alicyclic amines) is 1. The third kappa shape index (κ3) is 5.15. The van der Waals surface area contributed by atoms with Crippen LogP contribution in [0.25, 0.3) is 0 Å². The molecule has 7 nitrogen and oxygen atoms in total. The molecule has 1 aliphatic heterocycles. The molecule has 0 aliphatic carbocycles. The molecule has 134 valence electrons. The highest BCUT2D eigenvalue weighted by atomic mass is 32.1. The summed E-state index contributed by atoms with van der Waals surface area (Å²) in [6.45, 7) is 7.67. The normalized spacial score (nSPS) is 16.1. The van der Waals surface area contributed by atoms with Crippen LogP contribution in [0.1, 0.15) is 38.6 Å². The van der Waals surface area contributed by atoms with Crippen LogP contribution in [-0.4, -0.2) is 59.1 Å². The lowest BCUT2D eigenvalue weighted by Crippen LogP contribution is -2.45. The lowest BCUT2D eigenvalue weighted by Gasteiger charge is -2.32. The topological polar surface area (TPSA) is 78.4 Å². The molecule has 24 heavy (non-hydrogen) atoms. The zero-order chi connectivity index (χ0) is 17.9. The molecular formula is C16H27N5O2S. The molecule has 2 rings (SSSR count). The van der Waals surface area contributed by atoms with Crippen molar-refractivity contribution in [3.05, 3.63) is 5.01 Å². The minimum atomic E-state index is -0.0776. The summed E-state index contributed by atoms with van der Waals surface area (Å²) in [5.41, 5.74) is 0.145. The lowest BCUT2D eigenvalue weighted by atomic mass is 9.93. The molecule has 1 fully saturated rings. The van der Waals surface area contributed by atoms with Crippen LogP contribution in [0.15, 0.2) is 0 Å². The number of hydrogen-bond donors (Lipinski definition) is 1. The van der Waals surface area contributed by atoms with E-state index < -0.39 is 0 Å². The van der Waals surface area contributed by atoms with E-state index in [4.69, 9.17) is 0 Å². The Morgan fingerprint density at radius 2 is 1.88 bits per heavy atom. The van der Waals surface area contributed by atoms with E-state index >= 15 is 0 Å². The van der Waals surface area contributed by atoms with Gasteiger partial charge in [0.15, 0.2) is 0 Å². The number of anilines is 1. The Bertz CT molecular complexity index is 586. The average Bonchev–Trinajstić information content (AvgIpc) is 2.91. The fourth-order valence-electron chi connectivity index (χ4n) is 2.65. The van der Waals surface area contributed by atoms with Gasteiger partial charge in [-0.3, -0.25) is 4.79 Å². The van der Waals surface area contributed by atoms with Gasteiger partial charge in [0.25, 0.3) is 0 Å². The third-order valence-corrected chi connectivity index (χ3v) is 4.74. The summed E-state index contributed by atoms with van der Waals surface area (Å²) in [5.74, 6) is -0.100. The number of amides is 3. The molecule has 8 heteroatoms. The van der Waals surface area contributed by atoms with E-state index in [0.717, 1.165) is 11.4 Å². The Hall–Kier alpha value is -1.70. The van der Waals surface area contributed by atoms with Gasteiger partial charge >= 0.3 is 6.03 Å². The molecule has 1 N–H and O–H groups in total. The second-order valence-electron chi connectivity index (χ2n) is 7.67. The summed E-state index contributed by atoms with van der Waals surface area (Å²) < 4.78 is 0. The molecule has 0 spiro atoms. The number of rotatable bonds is 3. The smallest absolute Gasteiger partial charge is 0.319 e. The second-order valence-corrected chi connectivity index (χ2v) is 8.73. The number of hydrogen-bond acceptors (Lipinski definition) is 5. The van der Waals surface area contributed by atoms with E-state index in [1.807, 2.05) is 0 Å². The Labute approximate surface area is 147 Å². The van der Waals surface area contributed by atoms with E-state index in [9.17, 15) is 9.59 Å². The summed E-state index contributed by atoms with van der Waals surface area (Å²) in [7, 11) is 3.48. The Morgan fingerprint density at radius 1 is 1.25 bits per heavy atom. The molecule has 0 aromatic carbocycles. The number of aromatic nitrogens is 2. The number of carbonyl (C=O) groups is 2. The monoisotopic (exact) mass is 353 g/mol. The van der Waals surface area contributed by atoms with Crippen molar-refractivity contribution in [2.24, 2.45) is 11.3 Å². The van der Waals surface area contributed by atoms with Gasteiger partial charge in [-0.25, -0.2) is 4.79 Å². The third-order valence-electron chi connectivity index (χ3n) is 3.90. The molecule has 0 unspecified atom stereocenters. The molecule has 2 heterocycles. The van der Waals surface area contributed by atoms with Gasteiger partial charge in [0.1, 0.15) is 5.01 Å². The molecule has 1 aliphatic rings. The van der Waals surface area contributed by atoms with E-state index in [-0.39, 0.29) is 23.3 Å². The van der Waals surface area contributed by atoms with Crippen molar-refractivity contribution in [1.82, 2.24) is 20.0 Å². The Morgan fingerprint density at radius 3 is 2.42 bits per heavy atom. The van der Waals surface area contributed by atoms with Crippen molar-refractivity contribution in [2.45, 2.75) is 40.0 Å². The van der Waals surface area contributed by atoms with Gasteiger partial charge < -0.3 is 15.1 Å². The Balaban J connectivity index is 1.85. The van der Waals surface area contributed by atoms with Crippen LogP contribution in [0.2, 0.25) is 0 Å². The molecule has 0 radical (unpaired) electrons. The summed E-state index contributed by atoms with van der Waals surface area (Å²) in [4.78, 5) is 27.7. The number of piperidine rings is 1. The first kappa shape index (κ1) is 18.6. The highest BCUT2D eigenvalue weighted by Crippen LogP contribution is 2.26. The molecule has 0 atom stereocenters. The predicted octanol–water partition coefficient (Wildman–Crippen LogP) is 2.46. The molecule has 1 aromatic heterocycles. The maximum absolute atomic E-state index is 12.4. The standard InChI is InChI=1S/C16H27N5O2S/c1-16(2,3)10-12-18-19-14(24-12)17-13(22)11-6-8-21(9-7-11)15(23)20(4)5/h11H,6-10H2,1-5H3,(H,17,19,22). The molecule has 0 bridgehead atoms. The zero-order valence-electron chi connectivity index (χ0n) is 15.1. The molecule has 3 amide bonds. The second kappa shape index (κ2) is 7.46. The van der Waals surface area contributed by atoms with E-state index in [2.05, 4.69) is 36.3 Å². The Kier molecular flexibility index (Phi) is 5.79. The minimum Gasteiger partial charge on any atom is -0.331 e. The first-order valence-electron chi connectivity index (χ1n) is 8.25. The number of urea groups is 1. The first-order chi connectivity index (χ1) is 11.2. The van der Waals surface area contributed by atoms with Crippen LogP contribution in [0.4, 0.5) is 9.93 Å². The predicted molar refractivity (Wildman–Crippen MR) is 95.1 cm³/mol. The van der Waals surface area contributed by atoms with E-state index in [1.54, 1.807) is 23.9 Å². The fourth-order valence-corrected chi connectivity index (χ4v) is 3.70. The van der Waals surface area contributed by atoms with Crippen LogP contribution in [0, 0.1) is 11.3 Å². The van der Waals surface area contributed by atoms with Crippen molar-refractivity contribution in [2.75, 3.05) is 32.5 Å². The quantitative estimate of drug-likeness (QED) is 0.905. The number of nitrogens with zero attached hydrogens (tertiary/aromatic N) is 4. The summed E-state index contributed by atoms with van der Waals surface area (Å²) in [6.07, 6.45) is 2.20. The van der Waals surface area contributed by atoms with Crippen LogP contribution >= 0.6 is 11.3 Å². The van der Waals surface area contributed by atoms with Gasteiger partial charge in [-0.05, 0) is 18.3 Å². The van der Waals surface area contributed by atoms with Crippen molar-refractivity contribution in [1.29, 1.82) is 0 Å². The SMILES string of the molecule is CN(C)C(=O)N1CCC(C(=O)Nc2nnc(CC(C)(C)C)s2)CC1. The molecule has 1 aromatic rings. The van der Waals surface area contributed by atoms with Crippen LogP contribution in [0.3, 0.4) is 0 Å². The first-order valence-corrected chi connectivity index (χ1v) is 9.07. The molecule has 1 saturated heterocycles. The maximum Gasteiger partial charge on any atom is 0.319 e. The number of carbonyl (C=O) groups excluding carboxylic acids is 2. The summed E-state index contributed by atoms with van der Waals surface area (Å²) in [5, 5.41) is 12.6. The van der Waals surface area contributed by atoms with E-state index in [0.29, 0.717) is 31.1 Å². The maximum atomic E-state index is 12.4. The summed E-state index contributed by atoms with van der Waals surface area (Å²) >= 11 is 1.44. The van der Waals surface area contributed by atoms with Gasteiger partial charge in [-0.15, -0.1) is 10.2 Å². The van der Waals surface area contributed by atoms with Crippen LogP contribution < -0.4 is 5.32 Å². The van der Waals surface area contributed by atoms with Gasteiger partial charge in [-0.1, -0.05) is 32.1 Å². The number of nitrogens with one attached hydrogen (secondary N) is 1. The van der Waals surface area contributed by atoms with Gasteiger partial charge in [0.05, 0.1) is 0 Å². The zero-order valence-corrected chi connectivity index (χ0v) is 15.9. The van der Waals surface area contributed by atoms with Crippen LogP contribution in [0.5, 0.6) is 0 Å². The molecular weight excluding hydrogens is 326 g/mol. The van der Waals surface area contributed by atoms with Crippen LogP contribution in [-0.2, 0) is 11.2 Å². The van der Waals surface area contributed by atoms with Crippen molar-refractivity contribution >= 4 is 28.4 Å². The van der Waals surface area contributed by atoms with E-state index in [1.165, 1.54) is 11.3 Å². The molecule has 0 saturated carbocycles. The van der Waals surface area contributed by atoms with Crippen molar-refractivity contribution < 1.29 is 9.59 Å². The summed E-state index contributed by atoms with van der Waals surface area (Å²) in [6, 6.07) is 0.00445. The van der Waals surface area contributed by atoms with Gasteiger partial charge in [0.2, 0.25) is 11.0 Å². The minimum absolute atomic E-state index is 0.00445.